The first kappa shape index (κ1) is 9.31. The van der Waals surface area contributed by atoms with E-state index < -0.39 is 0 Å². The zero-order valence-corrected chi connectivity index (χ0v) is 6.54. The standard InChI is InChI=1S/C8H11N3/c1-4-8(2)10-5-6-11(3)7-9/h4-6,10H,1-2H2,3H3/b6-5-. The van der Waals surface area contributed by atoms with Gasteiger partial charge < -0.3 is 5.32 Å². The summed E-state index contributed by atoms with van der Waals surface area (Å²) < 4.78 is 0. The fourth-order valence-corrected chi connectivity index (χ4v) is 0.348. The largest absolute Gasteiger partial charge is 0.361 e. The smallest absolute Gasteiger partial charge is 0.183 e. The average molecular weight is 149 g/mol. The summed E-state index contributed by atoms with van der Waals surface area (Å²) in [6.45, 7) is 7.12. The Morgan fingerprint density at radius 2 is 2.36 bits per heavy atom. The fourth-order valence-electron chi connectivity index (χ4n) is 0.348. The van der Waals surface area contributed by atoms with Crippen LogP contribution in [0.15, 0.2) is 37.3 Å². The Labute approximate surface area is 66.9 Å². The minimum atomic E-state index is 0.701. The maximum atomic E-state index is 8.31. The highest BCUT2D eigenvalue weighted by molar-refractivity contribution is 5.11. The summed E-state index contributed by atoms with van der Waals surface area (Å²) in [4.78, 5) is 1.36. The van der Waals surface area contributed by atoms with Gasteiger partial charge in [0.25, 0.3) is 0 Å². The zero-order valence-electron chi connectivity index (χ0n) is 6.54. The second-order valence-corrected chi connectivity index (χ2v) is 1.90. The molecule has 0 spiro atoms. The molecule has 1 N–H and O–H groups in total. The van der Waals surface area contributed by atoms with Crippen LogP contribution in [0.2, 0.25) is 0 Å². The van der Waals surface area contributed by atoms with Crippen LogP contribution in [0.25, 0.3) is 0 Å². The molecule has 0 aromatic rings. The normalized spacial score (nSPS) is 8.73. The lowest BCUT2D eigenvalue weighted by molar-refractivity contribution is 0.643. The molecule has 0 saturated heterocycles. The Bertz CT molecular complexity index is 210. The Hall–Kier alpha value is -1.69. The molecule has 0 bridgehead atoms. The van der Waals surface area contributed by atoms with Crippen LogP contribution >= 0.6 is 0 Å². The molecule has 0 aliphatic rings. The summed E-state index contributed by atoms with van der Waals surface area (Å²) in [5.74, 6) is 0. The molecule has 3 nitrogen and oxygen atoms in total. The van der Waals surface area contributed by atoms with Gasteiger partial charge in [0.05, 0.1) is 0 Å². The van der Waals surface area contributed by atoms with Crippen LogP contribution in [0.1, 0.15) is 0 Å². The van der Waals surface area contributed by atoms with Crippen LogP contribution < -0.4 is 5.32 Å². The van der Waals surface area contributed by atoms with Crippen molar-refractivity contribution in [2.24, 2.45) is 0 Å². The predicted octanol–water partition coefficient (Wildman–Crippen LogP) is 1.16. The molecule has 0 fully saturated rings. The summed E-state index contributed by atoms with van der Waals surface area (Å²) in [5, 5.41) is 11.1. The third-order valence-electron chi connectivity index (χ3n) is 0.971. The van der Waals surface area contributed by atoms with Crippen molar-refractivity contribution in [2.75, 3.05) is 7.05 Å². The first-order chi connectivity index (χ1) is 5.20. The third kappa shape index (κ3) is 4.79. The van der Waals surface area contributed by atoms with Crippen LogP contribution in [0, 0.1) is 11.5 Å². The van der Waals surface area contributed by atoms with E-state index in [0.29, 0.717) is 5.70 Å². The molecule has 0 aromatic carbocycles. The second-order valence-electron chi connectivity index (χ2n) is 1.90. The van der Waals surface area contributed by atoms with Crippen molar-refractivity contribution in [2.45, 2.75) is 0 Å². The quantitative estimate of drug-likeness (QED) is 0.370. The number of nitriles is 1. The molecule has 0 radical (unpaired) electrons. The number of hydrogen-bond acceptors (Lipinski definition) is 3. The van der Waals surface area contributed by atoms with Gasteiger partial charge in [-0.25, -0.2) is 0 Å². The summed E-state index contributed by atoms with van der Waals surface area (Å²) >= 11 is 0. The molecule has 0 aliphatic heterocycles. The highest BCUT2D eigenvalue weighted by Gasteiger charge is 1.81. The molecule has 0 heterocycles. The molecule has 58 valence electrons. The highest BCUT2D eigenvalue weighted by atomic mass is 15.1. The monoisotopic (exact) mass is 149 g/mol. The van der Waals surface area contributed by atoms with E-state index in [1.807, 2.05) is 6.19 Å². The first-order valence-corrected chi connectivity index (χ1v) is 3.08. The van der Waals surface area contributed by atoms with Crippen molar-refractivity contribution in [3.05, 3.63) is 37.3 Å². The zero-order chi connectivity index (χ0) is 8.69. The van der Waals surface area contributed by atoms with E-state index in [2.05, 4.69) is 18.5 Å². The van der Waals surface area contributed by atoms with Gasteiger partial charge in [-0.2, -0.15) is 5.26 Å². The van der Waals surface area contributed by atoms with Gasteiger partial charge in [-0.15, -0.1) is 0 Å². The molecule has 0 aliphatic carbocycles. The average Bonchev–Trinajstić information content (AvgIpc) is 2.04. The van der Waals surface area contributed by atoms with Gasteiger partial charge in [0, 0.05) is 25.1 Å². The Morgan fingerprint density at radius 1 is 1.73 bits per heavy atom. The van der Waals surface area contributed by atoms with Crippen molar-refractivity contribution >= 4 is 0 Å². The number of nitrogens with one attached hydrogen (secondary N) is 1. The van der Waals surface area contributed by atoms with Crippen molar-refractivity contribution in [3.8, 4) is 6.19 Å². The first-order valence-electron chi connectivity index (χ1n) is 3.08. The van der Waals surface area contributed by atoms with E-state index >= 15 is 0 Å². The molecule has 11 heavy (non-hydrogen) atoms. The molecule has 0 rings (SSSR count). The van der Waals surface area contributed by atoms with E-state index in [1.54, 1.807) is 25.5 Å². The lowest BCUT2D eigenvalue weighted by Crippen LogP contribution is -2.05. The Kier molecular flexibility index (Phi) is 4.34. The minimum Gasteiger partial charge on any atom is -0.361 e. The van der Waals surface area contributed by atoms with Gasteiger partial charge in [-0.1, -0.05) is 13.2 Å². The number of hydrogen-bond donors (Lipinski definition) is 1. The van der Waals surface area contributed by atoms with Crippen molar-refractivity contribution in [3.63, 3.8) is 0 Å². The maximum absolute atomic E-state index is 8.31. The second kappa shape index (κ2) is 5.12. The van der Waals surface area contributed by atoms with E-state index in [-0.39, 0.29) is 0 Å². The molecule has 0 unspecified atom stereocenters. The maximum Gasteiger partial charge on any atom is 0.183 e. The Morgan fingerprint density at radius 3 is 2.82 bits per heavy atom. The molecule has 3 heteroatoms. The number of allylic oxidation sites excluding steroid dienone is 1. The number of rotatable bonds is 4. The molecule has 0 aromatic heterocycles. The summed E-state index contributed by atoms with van der Waals surface area (Å²) in [7, 11) is 1.65. The number of nitrogens with zero attached hydrogens (tertiary/aromatic N) is 2. The van der Waals surface area contributed by atoms with Gasteiger partial charge in [0.1, 0.15) is 0 Å². The van der Waals surface area contributed by atoms with E-state index in [9.17, 15) is 0 Å². The van der Waals surface area contributed by atoms with E-state index in [4.69, 9.17) is 5.26 Å². The Balaban J connectivity index is 3.70. The topological polar surface area (TPSA) is 39.1 Å². The van der Waals surface area contributed by atoms with Gasteiger partial charge in [0.15, 0.2) is 6.19 Å². The van der Waals surface area contributed by atoms with Crippen molar-refractivity contribution in [1.82, 2.24) is 10.2 Å². The van der Waals surface area contributed by atoms with E-state index in [0.717, 1.165) is 0 Å². The van der Waals surface area contributed by atoms with Crippen LogP contribution in [0.5, 0.6) is 0 Å². The van der Waals surface area contributed by atoms with Crippen LogP contribution in [0.4, 0.5) is 0 Å². The van der Waals surface area contributed by atoms with E-state index in [1.165, 1.54) is 4.90 Å². The van der Waals surface area contributed by atoms with Gasteiger partial charge in [-0.05, 0) is 6.08 Å². The summed E-state index contributed by atoms with van der Waals surface area (Å²) in [5.41, 5.74) is 0.701. The van der Waals surface area contributed by atoms with Crippen molar-refractivity contribution < 1.29 is 0 Å². The SMILES string of the molecule is C=CC(=C)N/C=C\N(C)C#N. The molecular formula is C8H11N3. The molecule has 0 amide bonds. The highest BCUT2D eigenvalue weighted by Crippen LogP contribution is 1.84. The van der Waals surface area contributed by atoms with Gasteiger partial charge in [0.2, 0.25) is 0 Å². The van der Waals surface area contributed by atoms with Crippen LogP contribution in [-0.2, 0) is 0 Å². The molecule has 0 atom stereocenters. The van der Waals surface area contributed by atoms with Gasteiger partial charge >= 0.3 is 0 Å². The van der Waals surface area contributed by atoms with Crippen LogP contribution in [0.3, 0.4) is 0 Å². The minimum absolute atomic E-state index is 0.701. The van der Waals surface area contributed by atoms with Gasteiger partial charge in [-0.3, -0.25) is 4.90 Å². The lowest BCUT2D eigenvalue weighted by Gasteiger charge is -2.00. The predicted molar refractivity (Wildman–Crippen MR) is 45.0 cm³/mol. The lowest BCUT2D eigenvalue weighted by atomic mass is 10.5. The summed E-state index contributed by atoms with van der Waals surface area (Å²) in [6, 6.07) is 0. The molecule has 0 saturated carbocycles. The van der Waals surface area contributed by atoms with Crippen LogP contribution in [-0.4, -0.2) is 11.9 Å². The summed E-state index contributed by atoms with van der Waals surface area (Å²) in [6.07, 6.45) is 6.71. The molecular weight excluding hydrogens is 138 g/mol. The fraction of sp³-hybridized carbons (Fsp3) is 0.125. The van der Waals surface area contributed by atoms with Crippen molar-refractivity contribution in [1.29, 1.82) is 5.26 Å². The third-order valence-corrected chi connectivity index (χ3v) is 0.971.